The van der Waals surface area contributed by atoms with Crippen LogP contribution >= 0.6 is 0 Å². The topological polar surface area (TPSA) is 41.4 Å². The van der Waals surface area contributed by atoms with Crippen molar-refractivity contribution < 1.29 is 4.79 Å². The van der Waals surface area contributed by atoms with Gasteiger partial charge in [0.15, 0.2) is 0 Å². The number of hydrogen-bond acceptors (Lipinski definition) is 3. The third kappa shape index (κ3) is 5.93. The first-order valence-corrected chi connectivity index (χ1v) is 10.1. The molecule has 146 valence electrons. The third-order valence-corrected chi connectivity index (χ3v) is 5.63. The first-order chi connectivity index (χ1) is 13.1. The Balaban J connectivity index is 1.42. The normalized spacial score (nSPS) is 17.8. The van der Waals surface area contributed by atoms with E-state index in [2.05, 4.69) is 41.2 Å². The maximum Gasteiger partial charge on any atom is 0.224 e. The number of hydrogen-bond donors (Lipinski definition) is 0. The maximum absolute atomic E-state index is 12.4. The highest BCUT2D eigenvalue weighted by atomic mass is 16.2. The molecule has 0 radical (unpaired) electrons. The number of aryl methyl sites for hydroxylation is 2. The van der Waals surface area contributed by atoms with Gasteiger partial charge in [-0.15, -0.1) is 0 Å². The first kappa shape index (κ1) is 19.6. The standard InChI is InChI=1S/C22H32N4O/c1-19-7-3-4-9-21(19)10-15-25-13-5-8-20(18-25)17-24(2)22(27)11-16-26-14-6-12-23-26/h3-4,6-7,9,12,14,20H,5,8,10-11,13,15-18H2,1-2H3. The number of likely N-dealkylation sites (tertiary alicyclic amines) is 1. The maximum atomic E-state index is 12.4. The van der Waals surface area contributed by atoms with E-state index in [0.717, 1.165) is 26.1 Å². The Hall–Kier alpha value is -2.14. The minimum absolute atomic E-state index is 0.211. The van der Waals surface area contributed by atoms with E-state index in [-0.39, 0.29) is 5.91 Å². The highest BCUT2D eigenvalue weighted by molar-refractivity contribution is 5.75. The van der Waals surface area contributed by atoms with Crippen LogP contribution in [0.1, 0.15) is 30.4 Å². The fourth-order valence-electron chi connectivity index (χ4n) is 4.00. The number of carbonyl (C=O) groups excluding carboxylic acids is 1. The van der Waals surface area contributed by atoms with E-state index in [9.17, 15) is 4.79 Å². The molecule has 1 saturated heterocycles. The molecule has 0 aliphatic carbocycles. The van der Waals surface area contributed by atoms with Gasteiger partial charge in [0, 0.05) is 52.0 Å². The molecule has 3 rings (SSSR count). The van der Waals surface area contributed by atoms with E-state index in [0.29, 0.717) is 18.9 Å². The van der Waals surface area contributed by atoms with Crippen LogP contribution in [0.15, 0.2) is 42.7 Å². The molecule has 1 amide bonds. The van der Waals surface area contributed by atoms with Crippen LogP contribution in [-0.2, 0) is 17.8 Å². The summed E-state index contributed by atoms with van der Waals surface area (Å²) in [4.78, 5) is 16.9. The Morgan fingerprint density at radius 3 is 2.89 bits per heavy atom. The lowest BCUT2D eigenvalue weighted by Crippen LogP contribution is -2.42. The highest BCUT2D eigenvalue weighted by Gasteiger charge is 2.22. The summed E-state index contributed by atoms with van der Waals surface area (Å²) in [6.07, 6.45) is 7.73. The van der Waals surface area contributed by atoms with Gasteiger partial charge in [-0.3, -0.25) is 9.48 Å². The van der Waals surface area contributed by atoms with Crippen molar-refractivity contribution in [1.82, 2.24) is 19.6 Å². The van der Waals surface area contributed by atoms with Crippen molar-refractivity contribution in [2.24, 2.45) is 5.92 Å². The Labute approximate surface area is 163 Å². The minimum atomic E-state index is 0.211. The summed E-state index contributed by atoms with van der Waals surface area (Å²) in [6.45, 7) is 7.10. The Morgan fingerprint density at radius 1 is 1.26 bits per heavy atom. The van der Waals surface area contributed by atoms with Crippen molar-refractivity contribution in [3.05, 3.63) is 53.9 Å². The molecule has 1 aliphatic heterocycles. The summed E-state index contributed by atoms with van der Waals surface area (Å²) in [5.74, 6) is 0.789. The molecule has 0 N–H and O–H groups in total. The molecule has 1 aromatic heterocycles. The van der Waals surface area contributed by atoms with E-state index in [4.69, 9.17) is 0 Å². The van der Waals surface area contributed by atoms with Gasteiger partial charge in [0.1, 0.15) is 0 Å². The number of amides is 1. The van der Waals surface area contributed by atoms with Crippen molar-refractivity contribution in [3.63, 3.8) is 0 Å². The van der Waals surface area contributed by atoms with Crippen LogP contribution in [0.25, 0.3) is 0 Å². The molecule has 1 fully saturated rings. The largest absolute Gasteiger partial charge is 0.345 e. The molecule has 0 bridgehead atoms. The zero-order valence-electron chi connectivity index (χ0n) is 16.7. The molecule has 1 unspecified atom stereocenters. The number of rotatable bonds is 8. The number of benzene rings is 1. The average molecular weight is 369 g/mol. The Bertz CT molecular complexity index is 713. The van der Waals surface area contributed by atoms with Gasteiger partial charge in [0.2, 0.25) is 5.91 Å². The molecule has 0 saturated carbocycles. The van der Waals surface area contributed by atoms with E-state index < -0.39 is 0 Å². The molecule has 1 atom stereocenters. The quantitative estimate of drug-likeness (QED) is 0.719. The van der Waals surface area contributed by atoms with Crippen LogP contribution in [0.3, 0.4) is 0 Å². The van der Waals surface area contributed by atoms with E-state index in [1.165, 1.54) is 30.5 Å². The summed E-state index contributed by atoms with van der Waals surface area (Å²) >= 11 is 0. The van der Waals surface area contributed by atoms with Crippen LogP contribution in [-0.4, -0.2) is 58.7 Å². The number of aromatic nitrogens is 2. The molecule has 5 nitrogen and oxygen atoms in total. The second-order valence-corrected chi connectivity index (χ2v) is 7.78. The average Bonchev–Trinajstić information content (AvgIpc) is 3.19. The summed E-state index contributed by atoms with van der Waals surface area (Å²) in [7, 11) is 1.94. The molecular formula is C22H32N4O. The van der Waals surface area contributed by atoms with Crippen molar-refractivity contribution in [3.8, 4) is 0 Å². The molecular weight excluding hydrogens is 336 g/mol. The molecule has 1 aromatic carbocycles. The van der Waals surface area contributed by atoms with Crippen LogP contribution in [0.5, 0.6) is 0 Å². The summed E-state index contributed by atoms with van der Waals surface area (Å²) < 4.78 is 1.82. The number of carbonyl (C=O) groups is 1. The second kappa shape index (κ2) is 9.70. The van der Waals surface area contributed by atoms with Gasteiger partial charge in [-0.1, -0.05) is 24.3 Å². The fraction of sp³-hybridized carbons (Fsp3) is 0.545. The predicted octanol–water partition coefficient (Wildman–Crippen LogP) is 2.99. The summed E-state index contributed by atoms with van der Waals surface area (Å²) in [6, 6.07) is 10.6. The van der Waals surface area contributed by atoms with Gasteiger partial charge in [0.25, 0.3) is 0 Å². The first-order valence-electron chi connectivity index (χ1n) is 10.1. The zero-order valence-corrected chi connectivity index (χ0v) is 16.7. The third-order valence-electron chi connectivity index (χ3n) is 5.63. The number of piperidine rings is 1. The lowest BCUT2D eigenvalue weighted by atomic mass is 9.96. The fourth-order valence-corrected chi connectivity index (χ4v) is 4.00. The lowest BCUT2D eigenvalue weighted by Gasteiger charge is -2.35. The van der Waals surface area contributed by atoms with Crippen LogP contribution in [0.4, 0.5) is 0 Å². The highest BCUT2D eigenvalue weighted by Crippen LogP contribution is 2.19. The van der Waals surface area contributed by atoms with E-state index in [1.54, 1.807) is 6.20 Å². The monoisotopic (exact) mass is 368 g/mol. The lowest BCUT2D eigenvalue weighted by molar-refractivity contribution is -0.131. The van der Waals surface area contributed by atoms with Gasteiger partial charge in [-0.2, -0.15) is 5.10 Å². The van der Waals surface area contributed by atoms with Crippen LogP contribution in [0, 0.1) is 12.8 Å². The van der Waals surface area contributed by atoms with Gasteiger partial charge >= 0.3 is 0 Å². The van der Waals surface area contributed by atoms with Gasteiger partial charge in [-0.05, 0) is 55.8 Å². The summed E-state index contributed by atoms with van der Waals surface area (Å²) in [5, 5.41) is 4.16. The Kier molecular flexibility index (Phi) is 7.04. The van der Waals surface area contributed by atoms with Gasteiger partial charge < -0.3 is 9.80 Å². The van der Waals surface area contributed by atoms with E-state index >= 15 is 0 Å². The van der Waals surface area contributed by atoms with Crippen molar-refractivity contribution >= 4 is 5.91 Å². The van der Waals surface area contributed by atoms with Crippen molar-refractivity contribution in [1.29, 1.82) is 0 Å². The number of nitrogens with zero attached hydrogens (tertiary/aromatic N) is 4. The van der Waals surface area contributed by atoms with Gasteiger partial charge in [0.05, 0.1) is 0 Å². The van der Waals surface area contributed by atoms with Crippen molar-refractivity contribution in [2.75, 3.05) is 33.2 Å². The summed E-state index contributed by atoms with van der Waals surface area (Å²) in [5.41, 5.74) is 2.83. The van der Waals surface area contributed by atoms with Gasteiger partial charge in [-0.25, -0.2) is 0 Å². The van der Waals surface area contributed by atoms with E-state index in [1.807, 2.05) is 28.9 Å². The predicted molar refractivity (Wildman–Crippen MR) is 109 cm³/mol. The van der Waals surface area contributed by atoms with Crippen LogP contribution < -0.4 is 0 Å². The molecule has 2 heterocycles. The molecule has 2 aromatic rings. The second-order valence-electron chi connectivity index (χ2n) is 7.78. The smallest absolute Gasteiger partial charge is 0.224 e. The Morgan fingerprint density at radius 2 is 2.11 bits per heavy atom. The molecule has 5 heteroatoms. The zero-order chi connectivity index (χ0) is 19.1. The molecule has 0 spiro atoms. The van der Waals surface area contributed by atoms with Crippen LogP contribution in [0.2, 0.25) is 0 Å². The van der Waals surface area contributed by atoms with Crippen molar-refractivity contribution in [2.45, 2.75) is 39.2 Å². The minimum Gasteiger partial charge on any atom is -0.345 e. The molecule has 27 heavy (non-hydrogen) atoms. The molecule has 1 aliphatic rings. The SMILES string of the molecule is Cc1ccccc1CCN1CCCC(CN(C)C(=O)CCn2cccn2)C1.